The zero-order chi connectivity index (χ0) is 12.1. The molecular formula is C14H20N2O. The van der Waals surface area contributed by atoms with Gasteiger partial charge in [-0.2, -0.15) is 0 Å². The fraction of sp³-hybridized carbons (Fsp3) is 0.500. The Hall–Kier alpha value is -1.35. The lowest BCUT2D eigenvalue weighted by Gasteiger charge is -2.16. The number of carbonyl (C=O) groups is 1. The number of carbonyl (C=O) groups excluding carboxylic acids is 1. The predicted octanol–water partition coefficient (Wildman–Crippen LogP) is 1.64. The molecule has 3 nitrogen and oxygen atoms in total. The van der Waals surface area contributed by atoms with Gasteiger partial charge in [0.05, 0.1) is 0 Å². The fourth-order valence-electron chi connectivity index (χ4n) is 2.35. The van der Waals surface area contributed by atoms with Crippen LogP contribution in [-0.2, 0) is 11.3 Å². The van der Waals surface area contributed by atoms with Crippen molar-refractivity contribution in [2.24, 2.45) is 5.92 Å². The van der Waals surface area contributed by atoms with Crippen molar-refractivity contribution in [1.29, 1.82) is 0 Å². The van der Waals surface area contributed by atoms with Crippen molar-refractivity contribution < 1.29 is 4.79 Å². The Morgan fingerprint density at radius 3 is 2.88 bits per heavy atom. The van der Waals surface area contributed by atoms with Gasteiger partial charge in [-0.25, -0.2) is 0 Å². The molecule has 1 atom stereocenters. The van der Waals surface area contributed by atoms with Gasteiger partial charge < -0.3 is 5.32 Å². The molecule has 1 heterocycles. The van der Waals surface area contributed by atoms with E-state index in [-0.39, 0.29) is 5.91 Å². The first-order valence-corrected chi connectivity index (χ1v) is 6.25. The zero-order valence-corrected chi connectivity index (χ0v) is 10.4. The third kappa shape index (κ3) is 3.86. The van der Waals surface area contributed by atoms with Gasteiger partial charge >= 0.3 is 0 Å². The summed E-state index contributed by atoms with van der Waals surface area (Å²) in [6.45, 7) is 5.66. The van der Waals surface area contributed by atoms with E-state index in [0.717, 1.165) is 26.2 Å². The first kappa shape index (κ1) is 12.1. The molecule has 0 saturated carbocycles. The second-order valence-electron chi connectivity index (χ2n) is 4.81. The van der Waals surface area contributed by atoms with E-state index in [2.05, 4.69) is 34.5 Å². The number of likely N-dealkylation sites (tertiary alicyclic amines) is 1. The van der Waals surface area contributed by atoms with Gasteiger partial charge in [0.25, 0.3) is 0 Å². The van der Waals surface area contributed by atoms with Gasteiger partial charge in [0.2, 0.25) is 5.91 Å². The zero-order valence-electron chi connectivity index (χ0n) is 10.4. The van der Waals surface area contributed by atoms with Crippen LogP contribution < -0.4 is 5.32 Å². The molecule has 3 heteroatoms. The molecular weight excluding hydrogens is 212 g/mol. The fourth-order valence-corrected chi connectivity index (χ4v) is 2.35. The van der Waals surface area contributed by atoms with Crippen molar-refractivity contribution in [3.63, 3.8) is 0 Å². The molecule has 0 aliphatic carbocycles. The molecule has 0 spiro atoms. The van der Waals surface area contributed by atoms with Gasteiger partial charge in [-0.1, -0.05) is 30.3 Å². The van der Waals surface area contributed by atoms with Crippen molar-refractivity contribution in [1.82, 2.24) is 10.2 Å². The van der Waals surface area contributed by atoms with E-state index in [1.165, 1.54) is 12.0 Å². The normalized spacial score (nSPS) is 20.4. The summed E-state index contributed by atoms with van der Waals surface area (Å²) in [5.41, 5.74) is 1.37. The Balaban J connectivity index is 1.76. The summed E-state index contributed by atoms with van der Waals surface area (Å²) in [7, 11) is 0. The quantitative estimate of drug-likeness (QED) is 0.856. The van der Waals surface area contributed by atoms with Crippen LogP contribution in [-0.4, -0.2) is 30.4 Å². The summed E-state index contributed by atoms with van der Waals surface area (Å²) in [6, 6.07) is 10.6. The minimum absolute atomic E-state index is 0.0755. The van der Waals surface area contributed by atoms with Crippen molar-refractivity contribution in [2.45, 2.75) is 19.9 Å². The molecule has 0 radical (unpaired) electrons. The molecule has 1 N–H and O–H groups in total. The van der Waals surface area contributed by atoms with E-state index in [9.17, 15) is 4.79 Å². The van der Waals surface area contributed by atoms with Crippen LogP contribution in [0.3, 0.4) is 0 Å². The number of benzene rings is 1. The van der Waals surface area contributed by atoms with E-state index in [1.807, 2.05) is 6.07 Å². The van der Waals surface area contributed by atoms with Crippen molar-refractivity contribution in [2.75, 3.05) is 19.6 Å². The largest absolute Gasteiger partial charge is 0.356 e. The lowest BCUT2D eigenvalue weighted by atomic mass is 10.1. The van der Waals surface area contributed by atoms with Gasteiger partial charge in [-0.3, -0.25) is 9.69 Å². The van der Waals surface area contributed by atoms with E-state index >= 15 is 0 Å². The van der Waals surface area contributed by atoms with Crippen LogP contribution in [0, 0.1) is 5.92 Å². The van der Waals surface area contributed by atoms with E-state index in [4.69, 9.17) is 0 Å². The molecule has 0 bridgehead atoms. The maximum atomic E-state index is 10.8. The first-order chi connectivity index (χ1) is 8.24. The molecule has 1 aromatic rings. The lowest BCUT2D eigenvalue weighted by Crippen LogP contribution is -2.29. The second-order valence-corrected chi connectivity index (χ2v) is 4.81. The third-order valence-corrected chi connectivity index (χ3v) is 3.26. The van der Waals surface area contributed by atoms with Gasteiger partial charge in [0, 0.05) is 26.6 Å². The highest BCUT2D eigenvalue weighted by molar-refractivity contribution is 5.72. The van der Waals surface area contributed by atoms with Gasteiger partial charge in [-0.15, -0.1) is 0 Å². The lowest BCUT2D eigenvalue weighted by molar-refractivity contribution is -0.119. The molecule has 17 heavy (non-hydrogen) atoms. The minimum atomic E-state index is 0.0755. The second kappa shape index (κ2) is 5.82. The maximum Gasteiger partial charge on any atom is 0.216 e. The number of hydrogen-bond donors (Lipinski definition) is 1. The van der Waals surface area contributed by atoms with Crippen LogP contribution in [0.4, 0.5) is 0 Å². The summed E-state index contributed by atoms with van der Waals surface area (Å²) in [4.78, 5) is 13.3. The van der Waals surface area contributed by atoms with Crippen LogP contribution >= 0.6 is 0 Å². The van der Waals surface area contributed by atoms with Crippen LogP contribution in [0.15, 0.2) is 30.3 Å². The Morgan fingerprint density at radius 1 is 1.41 bits per heavy atom. The van der Waals surface area contributed by atoms with Gasteiger partial charge in [0.15, 0.2) is 0 Å². The number of rotatable bonds is 4. The molecule has 1 fully saturated rings. The molecule has 2 rings (SSSR count). The summed E-state index contributed by atoms with van der Waals surface area (Å²) in [5, 5.41) is 2.91. The molecule has 1 saturated heterocycles. The van der Waals surface area contributed by atoms with Gasteiger partial charge in [-0.05, 0) is 24.4 Å². The summed E-state index contributed by atoms with van der Waals surface area (Å²) < 4.78 is 0. The maximum absolute atomic E-state index is 10.8. The highest BCUT2D eigenvalue weighted by atomic mass is 16.1. The molecule has 0 aromatic heterocycles. The van der Waals surface area contributed by atoms with Crippen LogP contribution in [0.2, 0.25) is 0 Å². The Morgan fingerprint density at radius 2 is 2.18 bits per heavy atom. The first-order valence-electron chi connectivity index (χ1n) is 6.25. The SMILES string of the molecule is CC(=O)NC[C@@H]1CCN(Cc2ccccc2)C1. The average Bonchev–Trinajstić information content (AvgIpc) is 2.75. The molecule has 1 aliphatic rings. The van der Waals surface area contributed by atoms with Crippen LogP contribution in [0.25, 0.3) is 0 Å². The summed E-state index contributed by atoms with van der Waals surface area (Å²) in [5.74, 6) is 0.689. The standard InChI is InChI=1S/C14H20N2O/c1-12(17)15-9-14-7-8-16(11-14)10-13-5-3-2-4-6-13/h2-6,14H,7-11H2,1H3,(H,15,17)/t14-/m0/s1. The Kier molecular flexibility index (Phi) is 4.15. The van der Waals surface area contributed by atoms with E-state index in [0.29, 0.717) is 5.92 Å². The molecule has 92 valence electrons. The topological polar surface area (TPSA) is 32.3 Å². The number of hydrogen-bond acceptors (Lipinski definition) is 2. The van der Waals surface area contributed by atoms with Crippen LogP contribution in [0.5, 0.6) is 0 Å². The highest BCUT2D eigenvalue weighted by Gasteiger charge is 2.22. The number of nitrogens with one attached hydrogen (secondary N) is 1. The minimum Gasteiger partial charge on any atom is -0.356 e. The molecule has 1 aliphatic heterocycles. The van der Waals surface area contributed by atoms with Crippen molar-refractivity contribution >= 4 is 5.91 Å². The molecule has 1 amide bonds. The van der Waals surface area contributed by atoms with E-state index < -0.39 is 0 Å². The third-order valence-electron chi connectivity index (χ3n) is 3.26. The van der Waals surface area contributed by atoms with Crippen molar-refractivity contribution in [3.8, 4) is 0 Å². The smallest absolute Gasteiger partial charge is 0.216 e. The Labute approximate surface area is 103 Å². The highest BCUT2D eigenvalue weighted by Crippen LogP contribution is 2.17. The number of amides is 1. The molecule has 0 unspecified atom stereocenters. The van der Waals surface area contributed by atoms with Crippen molar-refractivity contribution in [3.05, 3.63) is 35.9 Å². The Bertz CT molecular complexity index is 364. The number of nitrogens with zero attached hydrogens (tertiary/aromatic N) is 1. The van der Waals surface area contributed by atoms with Gasteiger partial charge in [0.1, 0.15) is 0 Å². The predicted molar refractivity (Wildman–Crippen MR) is 68.5 cm³/mol. The van der Waals surface area contributed by atoms with E-state index in [1.54, 1.807) is 6.92 Å². The monoisotopic (exact) mass is 232 g/mol. The molecule has 1 aromatic carbocycles. The summed E-state index contributed by atoms with van der Waals surface area (Å²) >= 11 is 0. The summed E-state index contributed by atoms with van der Waals surface area (Å²) in [6.07, 6.45) is 1.19. The van der Waals surface area contributed by atoms with Crippen LogP contribution in [0.1, 0.15) is 18.9 Å². The average molecular weight is 232 g/mol.